The molecule has 16 heavy (non-hydrogen) atoms. The van der Waals surface area contributed by atoms with Gasteiger partial charge < -0.3 is 10.2 Å². The SMILES string of the molecule is CCCCCCCNC1CN2CCC1CC2. The number of piperidine rings is 3. The van der Waals surface area contributed by atoms with Crippen LogP contribution in [0.15, 0.2) is 0 Å². The quantitative estimate of drug-likeness (QED) is 0.669. The highest BCUT2D eigenvalue weighted by atomic mass is 15.2. The number of hydrogen-bond acceptors (Lipinski definition) is 2. The number of fused-ring (bicyclic) bond motifs is 3. The molecule has 0 saturated carbocycles. The number of nitrogens with one attached hydrogen (secondary N) is 1. The third-order valence-electron chi connectivity index (χ3n) is 4.34. The summed E-state index contributed by atoms with van der Waals surface area (Å²) in [5, 5.41) is 3.79. The number of nitrogens with zero attached hydrogens (tertiary/aromatic N) is 1. The minimum absolute atomic E-state index is 0.814. The number of unbranched alkanes of at least 4 members (excludes halogenated alkanes) is 4. The van der Waals surface area contributed by atoms with Crippen molar-refractivity contribution in [3.63, 3.8) is 0 Å². The van der Waals surface area contributed by atoms with Gasteiger partial charge in [0.05, 0.1) is 0 Å². The fraction of sp³-hybridized carbons (Fsp3) is 1.00. The van der Waals surface area contributed by atoms with Crippen molar-refractivity contribution in [1.29, 1.82) is 0 Å². The van der Waals surface area contributed by atoms with E-state index < -0.39 is 0 Å². The molecule has 0 radical (unpaired) electrons. The van der Waals surface area contributed by atoms with Crippen LogP contribution in [-0.4, -0.2) is 37.1 Å². The minimum Gasteiger partial charge on any atom is -0.312 e. The summed E-state index contributed by atoms with van der Waals surface area (Å²) in [5.41, 5.74) is 0. The predicted octanol–water partition coefficient (Wildman–Crippen LogP) is 2.64. The Morgan fingerprint density at radius 1 is 1.06 bits per heavy atom. The van der Waals surface area contributed by atoms with Gasteiger partial charge in [-0.25, -0.2) is 0 Å². The normalized spacial score (nSPS) is 33.2. The fourth-order valence-corrected chi connectivity index (χ4v) is 3.21. The van der Waals surface area contributed by atoms with Crippen molar-refractivity contribution in [2.24, 2.45) is 5.92 Å². The lowest BCUT2D eigenvalue weighted by Crippen LogP contribution is -2.56. The molecular formula is C14H28N2. The molecule has 3 aliphatic heterocycles. The third kappa shape index (κ3) is 3.46. The first kappa shape index (κ1) is 12.4. The van der Waals surface area contributed by atoms with Crippen LogP contribution in [0, 0.1) is 5.92 Å². The van der Waals surface area contributed by atoms with Crippen molar-refractivity contribution in [1.82, 2.24) is 10.2 Å². The van der Waals surface area contributed by atoms with Crippen LogP contribution >= 0.6 is 0 Å². The maximum Gasteiger partial charge on any atom is 0.0224 e. The maximum atomic E-state index is 3.79. The van der Waals surface area contributed by atoms with Crippen LogP contribution in [-0.2, 0) is 0 Å². The molecule has 2 nitrogen and oxygen atoms in total. The van der Waals surface area contributed by atoms with Crippen molar-refractivity contribution >= 4 is 0 Å². The van der Waals surface area contributed by atoms with Gasteiger partial charge >= 0.3 is 0 Å². The molecule has 3 aliphatic rings. The Morgan fingerprint density at radius 3 is 2.44 bits per heavy atom. The van der Waals surface area contributed by atoms with Crippen LogP contribution < -0.4 is 5.32 Å². The van der Waals surface area contributed by atoms with Crippen molar-refractivity contribution in [2.45, 2.75) is 57.9 Å². The van der Waals surface area contributed by atoms with Gasteiger partial charge in [-0.05, 0) is 44.8 Å². The van der Waals surface area contributed by atoms with Crippen molar-refractivity contribution < 1.29 is 0 Å². The molecule has 1 N–H and O–H groups in total. The average Bonchev–Trinajstić information content (AvgIpc) is 2.35. The van der Waals surface area contributed by atoms with Crippen LogP contribution in [0.3, 0.4) is 0 Å². The topological polar surface area (TPSA) is 15.3 Å². The van der Waals surface area contributed by atoms with E-state index in [0.29, 0.717) is 0 Å². The van der Waals surface area contributed by atoms with E-state index in [0.717, 1.165) is 12.0 Å². The van der Waals surface area contributed by atoms with Crippen molar-refractivity contribution in [3.8, 4) is 0 Å². The predicted molar refractivity (Wildman–Crippen MR) is 69.7 cm³/mol. The summed E-state index contributed by atoms with van der Waals surface area (Å²) in [6, 6.07) is 0.814. The lowest BCUT2D eigenvalue weighted by atomic mass is 9.84. The first-order chi connectivity index (χ1) is 7.90. The second-order valence-electron chi connectivity index (χ2n) is 5.61. The highest BCUT2D eigenvalue weighted by molar-refractivity contribution is 4.90. The number of rotatable bonds is 7. The van der Waals surface area contributed by atoms with Crippen LogP contribution in [0.5, 0.6) is 0 Å². The highest BCUT2D eigenvalue weighted by Crippen LogP contribution is 2.27. The summed E-state index contributed by atoms with van der Waals surface area (Å²) >= 11 is 0. The molecule has 1 unspecified atom stereocenters. The van der Waals surface area contributed by atoms with Gasteiger partial charge in [0, 0.05) is 12.6 Å². The van der Waals surface area contributed by atoms with E-state index in [2.05, 4.69) is 17.1 Å². The molecule has 3 saturated heterocycles. The van der Waals surface area contributed by atoms with E-state index in [1.165, 1.54) is 71.1 Å². The summed E-state index contributed by atoms with van der Waals surface area (Å²) in [7, 11) is 0. The molecule has 0 aromatic rings. The Kier molecular flexibility index (Phi) is 5.11. The molecule has 94 valence electrons. The molecule has 0 aromatic carbocycles. The fourth-order valence-electron chi connectivity index (χ4n) is 3.21. The van der Waals surface area contributed by atoms with Crippen LogP contribution in [0.2, 0.25) is 0 Å². The lowest BCUT2D eigenvalue weighted by Gasteiger charge is -2.45. The van der Waals surface area contributed by atoms with E-state index in [9.17, 15) is 0 Å². The molecule has 0 aromatic heterocycles. The second-order valence-corrected chi connectivity index (χ2v) is 5.61. The molecule has 0 spiro atoms. The summed E-state index contributed by atoms with van der Waals surface area (Å²) in [6.45, 7) is 7.57. The molecule has 3 fully saturated rings. The van der Waals surface area contributed by atoms with Gasteiger partial charge in [0.15, 0.2) is 0 Å². The Morgan fingerprint density at radius 2 is 1.81 bits per heavy atom. The zero-order valence-corrected chi connectivity index (χ0v) is 10.9. The molecule has 0 amide bonds. The standard InChI is InChI=1S/C14H28N2/c1-2-3-4-5-6-9-15-14-12-16-10-7-13(14)8-11-16/h13-15H,2-12H2,1H3. The summed E-state index contributed by atoms with van der Waals surface area (Å²) < 4.78 is 0. The molecule has 2 bridgehead atoms. The van der Waals surface area contributed by atoms with Gasteiger partial charge in [0.1, 0.15) is 0 Å². The van der Waals surface area contributed by atoms with Crippen molar-refractivity contribution in [2.75, 3.05) is 26.2 Å². The van der Waals surface area contributed by atoms with Crippen molar-refractivity contribution in [3.05, 3.63) is 0 Å². The van der Waals surface area contributed by atoms with Gasteiger partial charge in [0.25, 0.3) is 0 Å². The van der Waals surface area contributed by atoms with Gasteiger partial charge in [-0.3, -0.25) is 0 Å². The van der Waals surface area contributed by atoms with Crippen LogP contribution in [0.1, 0.15) is 51.9 Å². The maximum absolute atomic E-state index is 3.79. The Labute approximate surface area is 101 Å². The minimum atomic E-state index is 0.814. The Balaban J connectivity index is 1.53. The first-order valence-electron chi connectivity index (χ1n) is 7.36. The lowest BCUT2D eigenvalue weighted by molar-refractivity contribution is 0.0727. The summed E-state index contributed by atoms with van der Waals surface area (Å²) in [4.78, 5) is 2.63. The largest absolute Gasteiger partial charge is 0.312 e. The molecule has 3 heterocycles. The molecule has 3 rings (SSSR count). The zero-order valence-electron chi connectivity index (χ0n) is 10.9. The van der Waals surface area contributed by atoms with Gasteiger partial charge in [-0.1, -0.05) is 32.6 Å². The second kappa shape index (κ2) is 6.61. The summed E-state index contributed by atoms with van der Waals surface area (Å²) in [5.74, 6) is 0.987. The zero-order chi connectivity index (χ0) is 11.2. The van der Waals surface area contributed by atoms with Gasteiger partial charge in [0.2, 0.25) is 0 Å². The van der Waals surface area contributed by atoms with E-state index >= 15 is 0 Å². The van der Waals surface area contributed by atoms with Crippen LogP contribution in [0.4, 0.5) is 0 Å². The highest BCUT2D eigenvalue weighted by Gasteiger charge is 2.33. The van der Waals surface area contributed by atoms with E-state index in [4.69, 9.17) is 0 Å². The molecule has 0 aliphatic carbocycles. The molecule has 2 heteroatoms. The first-order valence-corrected chi connectivity index (χ1v) is 7.36. The smallest absolute Gasteiger partial charge is 0.0224 e. The molecule has 1 atom stereocenters. The van der Waals surface area contributed by atoms with Crippen LogP contribution in [0.25, 0.3) is 0 Å². The van der Waals surface area contributed by atoms with Gasteiger partial charge in [-0.2, -0.15) is 0 Å². The molecular weight excluding hydrogens is 196 g/mol. The monoisotopic (exact) mass is 224 g/mol. The Hall–Kier alpha value is -0.0800. The Bertz CT molecular complexity index is 185. The van der Waals surface area contributed by atoms with E-state index in [1.54, 1.807) is 0 Å². The van der Waals surface area contributed by atoms with Gasteiger partial charge in [-0.15, -0.1) is 0 Å². The average molecular weight is 224 g/mol. The third-order valence-corrected chi connectivity index (χ3v) is 4.34. The van der Waals surface area contributed by atoms with E-state index in [1.807, 2.05) is 0 Å². The number of hydrogen-bond donors (Lipinski definition) is 1. The van der Waals surface area contributed by atoms with E-state index in [-0.39, 0.29) is 0 Å². The summed E-state index contributed by atoms with van der Waals surface area (Å²) in [6.07, 6.45) is 9.87.